The smallest absolute Gasteiger partial charge is 0.416 e. The van der Waals surface area contributed by atoms with Gasteiger partial charge in [-0.2, -0.15) is 13.2 Å². The van der Waals surface area contributed by atoms with Crippen molar-refractivity contribution in [3.63, 3.8) is 0 Å². The highest BCUT2D eigenvalue weighted by Gasteiger charge is 2.32. The fourth-order valence-electron chi connectivity index (χ4n) is 4.16. The molecule has 39 heavy (non-hydrogen) atoms. The first kappa shape index (κ1) is 28.4. The number of hydrogen-bond donors (Lipinski definition) is 2. The van der Waals surface area contributed by atoms with Crippen LogP contribution in [0.25, 0.3) is 0 Å². The molecule has 0 spiro atoms. The number of alkyl halides is 3. The highest BCUT2D eigenvalue weighted by atomic mass is 32.2. The minimum absolute atomic E-state index is 0.190. The molecule has 1 aliphatic rings. The third-order valence-electron chi connectivity index (χ3n) is 6.47. The third kappa shape index (κ3) is 7.27. The maximum absolute atomic E-state index is 13.0. The van der Waals surface area contributed by atoms with Crippen molar-refractivity contribution in [3.8, 4) is 0 Å². The number of anilines is 2. The second-order valence-electron chi connectivity index (χ2n) is 9.35. The molecule has 0 aliphatic heterocycles. The first-order valence-corrected chi connectivity index (χ1v) is 13.8. The molecule has 0 radical (unpaired) electrons. The van der Waals surface area contributed by atoms with Gasteiger partial charge in [0.2, 0.25) is 18.3 Å². The van der Waals surface area contributed by atoms with Crippen LogP contribution in [0.3, 0.4) is 0 Å². The third-order valence-corrected chi connectivity index (χ3v) is 7.38. The van der Waals surface area contributed by atoms with Crippen LogP contribution >= 0.6 is 0 Å². The Morgan fingerprint density at radius 1 is 1.18 bits per heavy atom. The molecule has 3 aromatic rings. The van der Waals surface area contributed by atoms with E-state index in [4.69, 9.17) is 0 Å². The Balaban J connectivity index is 1.44. The Kier molecular flexibility index (Phi) is 8.76. The number of carbonyl (C=O) groups is 2. The summed E-state index contributed by atoms with van der Waals surface area (Å²) in [6, 6.07) is 10.4. The summed E-state index contributed by atoms with van der Waals surface area (Å²) in [7, 11) is 0. The van der Waals surface area contributed by atoms with Crippen LogP contribution in [-0.4, -0.2) is 39.1 Å². The molecule has 0 saturated heterocycles. The zero-order valence-electron chi connectivity index (χ0n) is 21.4. The Hall–Kier alpha value is -3.64. The second kappa shape index (κ2) is 12.0. The van der Waals surface area contributed by atoms with Crippen molar-refractivity contribution in [2.24, 2.45) is 0 Å². The van der Waals surface area contributed by atoms with E-state index >= 15 is 0 Å². The van der Waals surface area contributed by atoms with Crippen LogP contribution in [0.2, 0.25) is 0 Å². The maximum Gasteiger partial charge on any atom is 0.416 e. The molecule has 2 amide bonds. The minimum Gasteiger partial charge on any atom is -0.612 e. The van der Waals surface area contributed by atoms with Crippen LogP contribution in [0.15, 0.2) is 59.8 Å². The van der Waals surface area contributed by atoms with Gasteiger partial charge < -0.3 is 20.1 Å². The lowest BCUT2D eigenvalue weighted by Crippen LogP contribution is -2.27. The van der Waals surface area contributed by atoms with Crippen LogP contribution < -0.4 is 15.5 Å². The molecule has 12 heteroatoms. The lowest BCUT2D eigenvalue weighted by molar-refractivity contribution is -0.137. The van der Waals surface area contributed by atoms with Gasteiger partial charge in [0.15, 0.2) is 4.90 Å². The Morgan fingerprint density at radius 3 is 2.41 bits per heavy atom. The molecule has 206 valence electrons. The van der Waals surface area contributed by atoms with Crippen molar-refractivity contribution in [2.75, 3.05) is 16.5 Å². The van der Waals surface area contributed by atoms with E-state index in [-0.39, 0.29) is 18.5 Å². The first-order chi connectivity index (χ1) is 18.6. The number of aromatic nitrogens is 2. The highest BCUT2D eigenvalue weighted by molar-refractivity contribution is 7.90. The summed E-state index contributed by atoms with van der Waals surface area (Å²) in [6.07, 6.45) is 2.59. The van der Waals surface area contributed by atoms with Crippen LogP contribution in [0, 0.1) is 0 Å². The van der Waals surface area contributed by atoms with E-state index < -0.39 is 28.8 Å². The average molecular weight is 560 g/mol. The minimum atomic E-state index is -4.39. The monoisotopic (exact) mass is 559 g/mol. The van der Waals surface area contributed by atoms with E-state index in [2.05, 4.69) is 20.6 Å². The zero-order chi connectivity index (χ0) is 28.2. The number of halogens is 3. The lowest BCUT2D eigenvalue weighted by atomic mass is 9.94. The second-order valence-corrected chi connectivity index (χ2v) is 10.7. The summed E-state index contributed by atoms with van der Waals surface area (Å²) in [4.78, 5) is 35.2. The number of nitrogens with zero attached hydrogens (tertiary/aromatic N) is 3. The molecule has 2 N–H and O–H groups in total. The molecule has 8 nitrogen and oxygen atoms in total. The molecule has 0 bridgehead atoms. The predicted octanol–water partition coefficient (Wildman–Crippen LogP) is 4.39. The van der Waals surface area contributed by atoms with Crippen molar-refractivity contribution in [1.82, 2.24) is 15.3 Å². The maximum atomic E-state index is 13.0. The summed E-state index contributed by atoms with van der Waals surface area (Å²) in [5.74, 6) is -0.475. The number of carbonyl (C=O) groups excluding carboxylic acids is 2. The van der Waals surface area contributed by atoms with Gasteiger partial charge in [0.05, 0.1) is 29.6 Å². The Labute approximate surface area is 227 Å². The van der Waals surface area contributed by atoms with Crippen molar-refractivity contribution >= 4 is 35.1 Å². The topological polar surface area (TPSA) is 110 Å². The van der Waals surface area contributed by atoms with E-state index in [9.17, 15) is 27.3 Å². The van der Waals surface area contributed by atoms with E-state index in [0.29, 0.717) is 46.2 Å². The van der Waals surface area contributed by atoms with Gasteiger partial charge in [0.25, 0.3) is 0 Å². The lowest BCUT2D eigenvalue weighted by Gasteiger charge is -2.23. The molecule has 1 heterocycles. The average Bonchev–Trinajstić information content (AvgIpc) is 3.75. The number of hydrogen-bond acceptors (Lipinski definition) is 6. The number of amides is 2. The van der Waals surface area contributed by atoms with E-state index in [0.717, 1.165) is 25.0 Å². The summed E-state index contributed by atoms with van der Waals surface area (Å²) in [5, 5.41) is 5.39. The molecule has 2 aromatic carbocycles. The number of benzene rings is 2. The molecule has 1 saturated carbocycles. The van der Waals surface area contributed by atoms with Crippen LogP contribution in [0.1, 0.15) is 47.9 Å². The molecular formula is C27H28F3N5O3S. The van der Waals surface area contributed by atoms with E-state index in [1.807, 2.05) is 4.90 Å². The van der Waals surface area contributed by atoms with Crippen molar-refractivity contribution in [3.05, 3.63) is 77.1 Å². The Morgan fingerprint density at radius 2 is 1.85 bits per heavy atom. The van der Waals surface area contributed by atoms with Gasteiger partial charge in [-0.1, -0.05) is 18.2 Å². The highest BCUT2D eigenvalue weighted by Crippen LogP contribution is 2.33. The zero-order valence-corrected chi connectivity index (χ0v) is 22.2. The molecule has 2 atom stereocenters. The van der Waals surface area contributed by atoms with Gasteiger partial charge in [-0.25, -0.2) is 9.97 Å². The van der Waals surface area contributed by atoms with Gasteiger partial charge in [0.1, 0.15) is 6.26 Å². The molecule has 1 aliphatic carbocycles. The molecule has 1 aromatic heterocycles. The largest absolute Gasteiger partial charge is 0.612 e. The van der Waals surface area contributed by atoms with Crippen molar-refractivity contribution in [2.45, 2.75) is 55.9 Å². The molecular weight excluding hydrogens is 531 g/mol. The van der Waals surface area contributed by atoms with Gasteiger partial charge >= 0.3 is 6.18 Å². The fraction of sp³-hybridized carbons (Fsp3) is 0.333. The Bertz CT molecular complexity index is 1300. The summed E-state index contributed by atoms with van der Waals surface area (Å²) >= 11 is -1.21. The molecule has 1 fully saturated rings. The van der Waals surface area contributed by atoms with Crippen LogP contribution in [0.4, 0.5) is 24.8 Å². The van der Waals surface area contributed by atoms with Crippen molar-refractivity contribution < 1.29 is 27.3 Å². The summed E-state index contributed by atoms with van der Waals surface area (Å²) in [6.45, 7) is 2.28. The van der Waals surface area contributed by atoms with Gasteiger partial charge in [0, 0.05) is 19.1 Å². The number of rotatable bonds is 11. The molecule has 2 unspecified atom stereocenters. The standard InChI is InChI=1S/C27H28F3N5O3S/c1-17(24-10-9-23(39(2)38)11-19(24)12-31-16-36)25(37)34-21-13-32-26(33-14-21)35(22-7-8-22)15-18-3-5-20(6-4-18)27(28,29)30/h3-6,9-11,13-14,16-17,22H,7-8,12,15H2,1-2H3,(H,31,36)(H,34,37). The van der Waals surface area contributed by atoms with Crippen LogP contribution in [0.5, 0.6) is 0 Å². The van der Waals surface area contributed by atoms with Gasteiger partial charge in [-0.05, 0) is 71.9 Å². The normalized spacial score (nSPS) is 14.8. The first-order valence-electron chi connectivity index (χ1n) is 12.3. The van der Waals surface area contributed by atoms with Gasteiger partial charge in [-0.15, -0.1) is 0 Å². The van der Waals surface area contributed by atoms with Gasteiger partial charge in [-0.3, -0.25) is 9.59 Å². The number of nitrogens with one attached hydrogen (secondary N) is 2. The van der Waals surface area contributed by atoms with E-state index in [1.54, 1.807) is 31.4 Å². The van der Waals surface area contributed by atoms with Crippen molar-refractivity contribution in [1.29, 1.82) is 0 Å². The quantitative estimate of drug-likeness (QED) is 0.266. The predicted molar refractivity (Wildman–Crippen MR) is 141 cm³/mol. The SMILES string of the molecule is CC(C(=O)Nc1cnc(N(Cc2ccc(C(F)(F)F)cc2)C2CC2)nc1)c1ccc([S+](C)[O-])cc1CNC=O. The molecule has 4 rings (SSSR count). The fourth-order valence-corrected chi connectivity index (χ4v) is 4.73. The summed E-state index contributed by atoms with van der Waals surface area (Å²) < 4.78 is 50.5. The van der Waals surface area contributed by atoms with Crippen LogP contribution in [-0.2, 0) is 40.0 Å². The van der Waals surface area contributed by atoms with E-state index in [1.165, 1.54) is 24.5 Å². The summed E-state index contributed by atoms with van der Waals surface area (Å²) in [5.41, 5.74) is 1.78.